The minimum atomic E-state index is -0.849. The van der Waals surface area contributed by atoms with Crippen molar-refractivity contribution in [2.45, 2.75) is 13.0 Å². The lowest BCUT2D eigenvalue weighted by Gasteiger charge is -2.27. The van der Waals surface area contributed by atoms with Gasteiger partial charge in [-0.05, 0) is 29.8 Å². The Bertz CT molecular complexity index is 1060. The maximum Gasteiger partial charge on any atom is 0.307 e. The van der Waals surface area contributed by atoms with Crippen molar-refractivity contribution < 1.29 is 19.4 Å². The minimum Gasteiger partial charge on any atom is -0.493 e. The van der Waals surface area contributed by atoms with Crippen molar-refractivity contribution in [3.63, 3.8) is 0 Å². The molecule has 2 N–H and O–H groups in total. The summed E-state index contributed by atoms with van der Waals surface area (Å²) >= 11 is 0. The number of pyridine rings is 1. The molecule has 3 heterocycles. The smallest absolute Gasteiger partial charge is 0.307 e. The average molecular weight is 410 g/mol. The molecule has 1 saturated heterocycles. The Morgan fingerprint density at radius 3 is 2.60 bits per heavy atom. The SMILES string of the molecule is COc1ccc(-c2nc3ccc(CC(=O)O)cn3c2CN2CCNCC2)cc1OC. The van der Waals surface area contributed by atoms with Crippen molar-refractivity contribution in [2.75, 3.05) is 40.4 Å². The summed E-state index contributed by atoms with van der Waals surface area (Å²) in [6, 6.07) is 9.48. The summed E-state index contributed by atoms with van der Waals surface area (Å²) in [6.07, 6.45) is 1.87. The van der Waals surface area contributed by atoms with Crippen molar-refractivity contribution in [1.82, 2.24) is 19.6 Å². The van der Waals surface area contributed by atoms with Crippen LogP contribution in [-0.2, 0) is 17.8 Å². The van der Waals surface area contributed by atoms with Crippen LogP contribution in [0.25, 0.3) is 16.9 Å². The number of carboxylic acids is 1. The second kappa shape index (κ2) is 8.73. The largest absolute Gasteiger partial charge is 0.493 e. The first-order valence-electron chi connectivity index (χ1n) is 9.96. The van der Waals surface area contributed by atoms with Crippen LogP contribution in [0.5, 0.6) is 11.5 Å². The number of aliphatic carboxylic acids is 1. The van der Waals surface area contributed by atoms with Crippen molar-refractivity contribution >= 4 is 11.6 Å². The molecule has 1 aliphatic heterocycles. The summed E-state index contributed by atoms with van der Waals surface area (Å²) in [6.45, 7) is 4.53. The van der Waals surface area contributed by atoms with Gasteiger partial charge in [-0.3, -0.25) is 9.69 Å². The van der Waals surface area contributed by atoms with Gasteiger partial charge in [0.05, 0.1) is 32.0 Å². The van der Waals surface area contributed by atoms with Crippen LogP contribution in [0.1, 0.15) is 11.3 Å². The number of carbonyl (C=O) groups is 1. The van der Waals surface area contributed by atoms with Crippen molar-refractivity contribution in [2.24, 2.45) is 0 Å². The highest BCUT2D eigenvalue weighted by atomic mass is 16.5. The molecule has 2 aromatic heterocycles. The van der Waals surface area contributed by atoms with E-state index in [0.29, 0.717) is 11.5 Å². The first-order valence-corrected chi connectivity index (χ1v) is 9.96. The molecular formula is C22H26N4O4. The molecule has 4 rings (SSSR count). The van der Waals surface area contributed by atoms with Crippen LogP contribution in [-0.4, -0.2) is 65.8 Å². The summed E-state index contributed by atoms with van der Waals surface area (Å²) in [5.41, 5.74) is 4.36. The highest BCUT2D eigenvalue weighted by Crippen LogP contribution is 2.34. The van der Waals surface area contributed by atoms with Crippen LogP contribution in [0.4, 0.5) is 0 Å². The van der Waals surface area contributed by atoms with Gasteiger partial charge in [-0.15, -0.1) is 0 Å². The number of carboxylic acid groups (broad SMARTS) is 1. The number of ether oxygens (including phenoxy) is 2. The van der Waals surface area contributed by atoms with Gasteiger partial charge in [0.25, 0.3) is 0 Å². The topological polar surface area (TPSA) is 88.3 Å². The molecular weight excluding hydrogens is 384 g/mol. The maximum absolute atomic E-state index is 11.2. The molecule has 8 nitrogen and oxygen atoms in total. The zero-order valence-electron chi connectivity index (χ0n) is 17.2. The molecule has 0 amide bonds. The lowest BCUT2D eigenvalue weighted by molar-refractivity contribution is -0.136. The zero-order chi connectivity index (χ0) is 21.1. The summed E-state index contributed by atoms with van der Waals surface area (Å²) in [5, 5.41) is 12.6. The van der Waals surface area contributed by atoms with Crippen LogP contribution in [0.15, 0.2) is 36.5 Å². The first-order chi connectivity index (χ1) is 14.6. The standard InChI is InChI=1S/C22H26N4O4/c1-29-18-5-4-16(12-19(18)30-2)22-17(14-25-9-7-23-8-10-25)26-13-15(11-21(27)28)3-6-20(26)24-22/h3-6,12-13,23H,7-11,14H2,1-2H3,(H,27,28). The highest BCUT2D eigenvalue weighted by Gasteiger charge is 2.20. The fraction of sp³-hybridized carbons (Fsp3) is 0.364. The number of nitrogens with zero attached hydrogens (tertiary/aromatic N) is 3. The Balaban J connectivity index is 1.82. The number of aromatic nitrogens is 2. The van der Waals surface area contributed by atoms with Crippen LogP contribution in [0.3, 0.4) is 0 Å². The molecule has 1 aromatic carbocycles. The van der Waals surface area contributed by atoms with Gasteiger partial charge in [-0.1, -0.05) is 6.07 Å². The number of rotatable bonds is 7. The number of fused-ring (bicyclic) bond motifs is 1. The number of imidazole rings is 1. The Kier molecular flexibility index (Phi) is 5.87. The van der Waals surface area contributed by atoms with E-state index >= 15 is 0 Å². The van der Waals surface area contributed by atoms with E-state index in [4.69, 9.17) is 14.5 Å². The van der Waals surface area contributed by atoms with E-state index in [0.717, 1.165) is 60.9 Å². The van der Waals surface area contributed by atoms with E-state index in [1.54, 1.807) is 14.2 Å². The van der Waals surface area contributed by atoms with Crippen LogP contribution in [0.2, 0.25) is 0 Å². The molecule has 1 aliphatic rings. The molecule has 0 unspecified atom stereocenters. The second-order valence-corrected chi connectivity index (χ2v) is 7.34. The van der Waals surface area contributed by atoms with E-state index in [-0.39, 0.29) is 6.42 Å². The number of nitrogens with one attached hydrogen (secondary N) is 1. The minimum absolute atomic E-state index is 0.0209. The predicted molar refractivity (Wildman–Crippen MR) is 113 cm³/mol. The molecule has 0 radical (unpaired) electrons. The molecule has 1 fully saturated rings. The third kappa shape index (κ3) is 4.10. The van der Waals surface area contributed by atoms with Crippen molar-refractivity contribution in [3.8, 4) is 22.8 Å². The van der Waals surface area contributed by atoms with Gasteiger partial charge in [0.15, 0.2) is 11.5 Å². The summed E-state index contributed by atoms with van der Waals surface area (Å²) in [5.74, 6) is 0.461. The third-order valence-electron chi connectivity index (χ3n) is 5.37. The Hall–Kier alpha value is -3.10. The molecule has 0 bridgehead atoms. The van der Waals surface area contributed by atoms with Gasteiger partial charge in [0.1, 0.15) is 5.65 Å². The van der Waals surface area contributed by atoms with E-state index in [1.165, 1.54) is 0 Å². The van der Waals surface area contributed by atoms with E-state index < -0.39 is 5.97 Å². The van der Waals surface area contributed by atoms with Gasteiger partial charge in [-0.2, -0.15) is 0 Å². The summed E-state index contributed by atoms with van der Waals surface area (Å²) in [4.78, 5) is 18.5. The monoisotopic (exact) mass is 410 g/mol. The van der Waals surface area contributed by atoms with Gasteiger partial charge < -0.3 is 24.3 Å². The van der Waals surface area contributed by atoms with Crippen molar-refractivity contribution in [3.05, 3.63) is 47.8 Å². The number of piperazine rings is 1. The first kappa shape index (κ1) is 20.2. The van der Waals surface area contributed by atoms with Gasteiger partial charge in [-0.25, -0.2) is 4.98 Å². The average Bonchev–Trinajstić information content (AvgIpc) is 3.11. The van der Waals surface area contributed by atoms with Gasteiger partial charge >= 0.3 is 5.97 Å². The number of methoxy groups -OCH3 is 2. The fourth-order valence-electron chi connectivity index (χ4n) is 3.86. The molecule has 0 aliphatic carbocycles. The maximum atomic E-state index is 11.2. The molecule has 0 saturated carbocycles. The predicted octanol–water partition coefficient (Wildman–Crippen LogP) is 2.05. The van der Waals surface area contributed by atoms with Gasteiger partial charge in [0.2, 0.25) is 0 Å². The van der Waals surface area contributed by atoms with Crippen LogP contribution >= 0.6 is 0 Å². The van der Waals surface area contributed by atoms with E-state index in [1.807, 2.05) is 40.9 Å². The molecule has 0 atom stereocenters. The second-order valence-electron chi connectivity index (χ2n) is 7.34. The lowest BCUT2D eigenvalue weighted by atomic mass is 10.1. The number of benzene rings is 1. The Morgan fingerprint density at radius 2 is 1.90 bits per heavy atom. The quantitative estimate of drug-likeness (QED) is 0.616. The highest BCUT2D eigenvalue weighted by molar-refractivity contribution is 5.72. The van der Waals surface area contributed by atoms with Crippen LogP contribution in [0, 0.1) is 0 Å². The summed E-state index contributed by atoms with van der Waals surface area (Å²) < 4.78 is 12.9. The number of hydrogen-bond acceptors (Lipinski definition) is 6. The van der Waals surface area contributed by atoms with E-state index in [9.17, 15) is 9.90 Å². The molecule has 158 valence electrons. The summed E-state index contributed by atoms with van der Waals surface area (Å²) in [7, 11) is 3.23. The van der Waals surface area contributed by atoms with Crippen LogP contribution < -0.4 is 14.8 Å². The molecule has 3 aromatic rings. The Labute approximate surface area is 175 Å². The van der Waals surface area contributed by atoms with Crippen molar-refractivity contribution in [1.29, 1.82) is 0 Å². The third-order valence-corrected chi connectivity index (χ3v) is 5.37. The molecule has 8 heteroatoms. The molecule has 0 spiro atoms. The fourth-order valence-corrected chi connectivity index (χ4v) is 3.86. The number of hydrogen-bond donors (Lipinski definition) is 2. The van der Waals surface area contributed by atoms with E-state index in [2.05, 4.69) is 10.2 Å². The lowest BCUT2D eigenvalue weighted by Crippen LogP contribution is -2.43. The zero-order valence-corrected chi connectivity index (χ0v) is 17.2. The Morgan fingerprint density at radius 1 is 1.13 bits per heavy atom. The normalized spacial score (nSPS) is 14.7. The molecule has 30 heavy (non-hydrogen) atoms. The van der Waals surface area contributed by atoms with Gasteiger partial charge in [0, 0.05) is 44.5 Å².